The summed E-state index contributed by atoms with van der Waals surface area (Å²) in [5, 5.41) is 0.0731. The van der Waals surface area contributed by atoms with Crippen molar-refractivity contribution in [3.63, 3.8) is 0 Å². The smallest absolute Gasteiger partial charge is 0.340 e. The molecule has 0 amide bonds. The molecule has 248 valence electrons. The standard InChI is InChI=1S/C37H48ClFN4O3/c1-22(2)45-35(44)34(46-36(5,6)7)32-24(4)41-23(3)31(33(32)42-16-13-37(8,9)14-17-42)26-10-11-27-21-43(15-12-25(27)18-26)30-19-28(38)29(39)20-40-30/h10-11,18-20,22,34H,12-17,21H2,1-9H3/t34-/m0/s1. The van der Waals surface area contributed by atoms with Gasteiger partial charge in [0.1, 0.15) is 5.82 Å². The first-order chi connectivity index (χ1) is 21.5. The van der Waals surface area contributed by atoms with E-state index in [1.807, 2.05) is 41.5 Å². The highest BCUT2D eigenvalue weighted by Crippen LogP contribution is 2.45. The number of pyridine rings is 2. The number of benzene rings is 1. The van der Waals surface area contributed by atoms with Crippen molar-refractivity contribution in [2.24, 2.45) is 5.41 Å². The van der Waals surface area contributed by atoms with Crippen LogP contribution in [0.4, 0.5) is 15.9 Å². The molecule has 46 heavy (non-hydrogen) atoms. The topological polar surface area (TPSA) is 67.8 Å². The molecule has 0 N–H and O–H groups in total. The van der Waals surface area contributed by atoms with Gasteiger partial charge in [-0.3, -0.25) is 4.98 Å². The third-order valence-electron chi connectivity index (χ3n) is 8.94. The summed E-state index contributed by atoms with van der Waals surface area (Å²) < 4.78 is 26.1. The minimum atomic E-state index is -0.930. The van der Waals surface area contributed by atoms with Gasteiger partial charge in [0.15, 0.2) is 11.9 Å². The molecule has 0 radical (unpaired) electrons. The third-order valence-corrected chi connectivity index (χ3v) is 9.23. The van der Waals surface area contributed by atoms with Gasteiger partial charge in [0.2, 0.25) is 0 Å². The van der Waals surface area contributed by atoms with Crippen LogP contribution in [0.15, 0.2) is 30.5 Å². The monoisotopic (exact) mass is 650 g/mol. The van der Waals surface area contributed by atoms with E-state index in [-0.39, 0.29) is 16.5 Å². The van der Waals surface area contributed by atoms with Crippen LogP contribution in [0.1, 0.15) is 95.5 Å². The molecule has 4 heterocycles. The van der Waals surface area contributed by atoms with E-state index in [2.05, 4.69) is 53.8 Å². The van der Waals surface area contributed by atoms with Gasteiger partial charge in [0, 0.05) is 54.8 Å². The van der Waals surface area contributed by atoms with Crippen LogP contribution in [0.3, 0.4) is 0 Å². The lowest BCUT2D eigenvalue weighted by Gasteiger charge is -2.41. The Hall–Kier alpha value is -3.23. The van der Waals surface area contributed by atoms with Crippen molar-refractivity contribution in [1.82, 2.24) is 9.97 Å². The van der Waals surface area contributed by atoms with Crippen LogP contribution >= 0.6 is 11.6 Å². The first-order valence-corrected chi connectivity index (χ1v) is 16.7. The van der Waals surface area contributed by atoms with Crippen molar-refractivity contribution in [1.29, 1.82) is 0 Å². The molecule has 2 aliphatic rings. The summed E-state index contributed by atoms with van der Waals surface area (Å²) in [4.78, 5) is 27.7. The molecule has 0 aliphatic carbocycles. The Balaban J connectivity index is 1.63. The molecule has 2 aliphatic heterocycles. The van der Waals surface area contributed by atoms with E-state index in [1.54, 1.807) is 6.07 Å². The van der Waals surface area contributed by atoms with Gasteiger partial charge in [-0.1, -0.05) is 43.6 Å². The maximum Gasteiger partial charge on any atom is 0.340 e. The molecule has 1 saturated heterocycles. The minimum absolute atomic E-state index is 0.0731. The zero-order chi connectivity index (χ0) is 33.6. The molecule has 9 heteroatoms. The van der Waals surface area contributed by atoms with Crippen LogP contribution < -0.4 is 9.80 Å². The normalized spacial score (nSPS) is 17.2. The Labute approximate surface area is 278 Å². The largest absolute Gasteiger partial charge is 0.461 e. The zero-order valence-corrected chi connectivity index (χ0v) is 29.5. The van der Waals surface area contributed by atoms with Crippen molar-refractivity contribution < 1.29 is 18.7 Å². The highest BCUT2D eigenvalue weighted by Gasteiger charge is 2.38. The van der Waals surface area contributed by atoms with E-state index in [4.69, 9.17) is 26.1 Å². The van der Waals surface area contributed by atoms with Crippen LogP contribution in [0.25, 0.3) is 11.1 Å². The second-order valence-electron chi connectivity index (χ2n) is 14.8. The first-order valence-electron chi connectivity index (χ1n) is 16.4. The van der Waals surface area contributed by atoms with Crippen LogP contribution in [-0.4, -0.2) is 47.3 Å². The van der Waals surface area contributed by atoms with Crippen molar-refractivity contribution >= 4 is 29.1 Å². The molecule has 2 aromatic heterocycles. The molecule has 0 bridgehead atoms. The average molecular weight is 651 g/mol. The Morgan fingerprint density at radius 2 is 1.72 bits per heavy atom. The molecule has 3 aromatic rings. The number of aromatic nitrogens is 2. The number of ether oxygens (including phenoxy) is 2. The summed E-state index contributed by atoms with van der Waals surface area (Å²) in [6.45, 7) is 21.4. The van der Waals surface area contributed by atoms with Gasteiger partial charge in [0.05, 0.1) is 28.6 Å². The zero-order valence-electron chi connectivity index (χ0n) is 28.8. The highest BCUT2D eigenvalue weighted by atomic mass is 35.5. The first kappa shape index (κ1) is 34.1. The highest BCUT2D eigenvalue weighted by molar-refractivity contribution is 6.30. The number of carbonyl (C=O) groups is 1. The number of piperidine rings is 1. The number of esters is 1. The Morgan fingerprint density at radius 1 is 1.02 bits per heavy atom. The number of aryl methyl sites for hydroxylation is 2. The number of anilines is 2. The van der Waals surface area contributed by atoms with Gasteiger partial charge < -0.3 is 19.3 Å². The predicted molar refractivity (Wildman–Crippen MR) is 183 cm³/mol. The van der Waals surface area contributed by atoms with E-state index >= 15 is 0 Å². The quantitative estimate of drug-likeness (QED) is 0.237. The van der Waals surface area contributed by atoms with E-state index in [0.717, 1.165) is 72.7 Å². The fraction of sp³-hybridized carbons (Fsp3) is 0.541. The van der Waals surface area contributed by atoms with E-state index in [1.165, 1.54) is 17.3 Å². The number of halogens is 2. The molecule has 0 saturated carbocycles. The lowest BCUT2D eigenvalue weighted by atomic mass is 9.81. The molecular formula is C37H48ClFN4O3. The molecule has 1 aromatic carbocycles. The molecule has 0 spiro atoms. The molecule has 5 rings (SSSR count). The fourth-order valence-electron chi connectivity index (χ4n) is 6.52. The lowest BCUT2D eigenvalue weighted by molar-refractivity contribution is -0.171. The van der Waals surface area contributed by atoms with E-state index < -0.39 is 23.5 Å². The maximum atomic E-state index is 13.8. The molecule has 1 fully saturated rings. The molecule has 7 nitrogen and oxygen atoms in total. The maximum absolute atomic E-state index is 13.8. The molecular weight excluding hydrogens is 603 g/mol. The Morgan fingerprint density at radius 3 is 2.35 bits per heavy atom. The average Bonchev–Trinajstić information content (AvgIpc) is 2.96. The summed E-state index contributed by atoms with van der Waals surface area (Å²) in [5.41, 5.74) is 7.65. The number of carbonyl (C=O) groups excluding carboxylic acids is 1. The number of hydrogen-bond acceptors (Lipinski definition) is 7. The summed E-state index contributed by atoms with van der Waals surface area (Å²) in [6.07, 6.45) is 2.84. The van der Waals surface area contributed by atoms with Crippen LogP contribution in [0.2, 0.25) is 5.02 Å². The second kappa shape index (κ2) is 13.1. The number of rotatable bonds is 7. The van der Waals surface area contributed by atoms with Crippen molar-refractivity contribution in [3.8, 4) is 11.1 Å². The number of hydrogen-bond donors (Lipinski definition) is 0. The number of fused-ring (bicyclic) bond motifs is 1. The van der Waals surface area contributed by atoms with Crippen LogP contribution in [0, 0.1) is 25.1 Å². The second-order valence-corrected chi connectivity index (χ2v) is 15.2. The molecule has 1 atom stereocenters. The van der Waals surface area contributed by atoms with Crippen molar-refractivity contribution in [2.75, 3.05) is 29.4 Å². The lowest BCUT2D eigenvalue weighted by Crippen LogP contribution is -2.39. The van der Waals surface area contributed by atoms with Gasteiger partial charge in [-0.15, -0.1) is 0 Å². The molecule has 0 unspecified atom stereocenters. The van der Waals surface area contributed by atoms with E-state index in [0.29, 0.717) is 12.4 Å². The third kappa shape index (κ3) is 7.49. The SMILES string of the molecule is Cc1nc(C)c([C@H](OC(C)(C)C)C(=O)OC(C)C)c(N2CCC(C)(C)CC2)c1-c1ccc2c(c1)CCN(c1cc(Cl)c(F)cn1)C2. The van der Waals surface area contributed by atoms with Crippen molar-refractivity contribution in [2.45, 2.75) is 106 Å². The van der Waals surface area contributed by atoms with Gasteiger partial charge in [-0.2, -0.15) is 0 Å². The summed E-state index contributed by atoms with van der Waals surface area (Å²) in [7, 11) is 0. The van der Waals surface area contributed by atoms with Gasteiger partial charge in [-0.05, 0) is 89.8 Å². The summed E-state index contributed by atoms with van der Waals surface area (Å²) >= 11 is 6.07. The van der Waals surface area contributed by atoms with Gasteiger partial charge in [0.25, 0.3) is 0 Å². The minimum Gasteiger partial charge on any atom is -0.461 e. The van der Waals surface area contributed by atoms with Crippen molar-refractivity contribution in [3.05, 3.63) is 69.4 Å². The van der Waals surface area contributed by atoms with Gasteiger partial charge in [-0.25, -0.2) is 14.2 Å². The predicted octanol–water partition coefficient (Wildman–Crippen LogP) is 8.55. The number of nitrogens with zero attached hydrogens (tertiary/aromatic N) is 4. The Bertz CT molecular complexity index is 1610. The Kier molecular flexibility index (Phi) is 9.72. The summed E-state index contributed by atoms with van der Waals surface area (Å²) in [6, 6.07) is 8.18. The summed E-state index contributed by atoms with van der Waals surface area (Å²) in [5.74, 6) is -0.254. The van der Waals surface area contributed by atoms with Crippen LogP contribution in [0.5, 0.6) is 0 Å². The van der Waals surface area contributed by atoms with Gasteiger partial charge >= 0.3 is 5.97 Å². The van der Waals surface area contributed by atoms with E-state index in [9.17, 15) is 9.18 Å². The fourth-order valence-corrected chi connectivity index (χ4v) is 6.67. The van der Waals surface area contributed by atoms with Crippen LogP contribution in [-0.2, 0) is 27.2 Å².